The third-order valence-electron chi connectivity index (χ3n) is 8.01. The van der Waals surface area contributed by atoms with E-state index in [-0.39, 0.29) is 11.4 Å². The molecule has 1 aromatic heterocycles. The number of hydrogen-bond donors (Lipinski definition) is 1. The minimum atomic E-state index is -0.565. The molecule has 0 amide bonds. The molecule has 0 unspecified atom stereocenters. The van der Waals surface area contributed by atoms with E-state index < -0.39 is 6.10 Å². The Labute approximate surface area is 206 Å². The van der Waals surface area contributed by atoms with Crippen molar-refractivity contribution in [3.8, 4) is 0 Å². The number of carbonyl (C=O) groups excluding carboxylic acids is 1. The minimum absolute atomic E-state index is 0.0506. The number of nitrogens with one attached hydrogen (secondary N) is 1. The van der Waals surface area contributed by atoms with Gasteiger partial charge in [0.25, 0.3) is 0 Å². The Bertz CT molecular complexity index is 1230. The van der Waals surface area contributed by atoms with E-state index in [1.54, 1.807) is 0 Å². The van der Waals surface area contributed by atoms with Gasteiger partial charge < -0.3 is 19.5 Å². The van der Waals surface area contributed by atoms with Gasteiger partial charge in [-0.15, -0.1) is 0 Å². The molecule has 2 aromatic carbocycles. The standard InChI is InChI=1S/C28H32ClN3O2/c1-31-14-4-5-19(16-31)17-32-18-23(21-9-8-20(29)15-25(21)32)26(33)27-22-6-2-3-7-24(22)28(34-27)10-12-30-13-11-28/h2-3,6-9,15,18-19,27,30H,4-5,10-14,16-17H2,1H3/t19-,27+/m0/s1. The molecular formula is C28H32ClN3O2. The summed E-state index contributed by atoms with van der Waals surface area (Å²) in [4.78, 5) is 16.5. The summed E-state index contributed by atoms with van der Waals surface area (Å²) < 4.78 is 8.94. The third kappa shape index (κ3) is 3.79. The number of piperidine rings is 2. The molecule has 0 aliphatic carbocycles. The van der Waals surface area contributed by atoms with Gasteiger partial charge in [0.2, 0.25) is 0 Å². The third-order valence-corrected chi connectivity index (χ3v) is 8.25. The lowest BCUT2D eigenvalue weighted by Gasteiger charge is -2.34. The SMILES string of the molecule is CN1CCC[C@H](Cn2cc(C(=O)[C@@H]3OC4(CCNCC4)c4ccccc43)c3ccc(Cl)cc32)C1. The lowest BCUT2D eigenvalue weighted by atomic mass is 9.84. The maximum atomic E-state index is 14.1. The second kappa shape index (κ2) is 8.80. The van der Waals surface area contributed by atoms with Gasteiger partial charge >= 0.3 is 0 Å². The zero-order chi connectivity index (χ0) is 23.3. The molecule has 3 aliphatic heterocycles. The molecule has 6 heteroatoms. The van der Waals surface area contributed by atoms with Gasteiger partial charge in [-0.1, -0.05) is 41.9 Å². The molecule has 0 radical (unpaired) electrons. The fourth-order valence-electron chi connectivity index (χ4n) is 6.36. The second-order valence-electron chi connectivity index (χ2n) is 10.3. The molecule has 0 bridgehead atoms. The minimum Gasteiger partial charge on any atom is -0.354 e. The van der Waals surface area contributed by atoms with Crippen molar-refractivity contribution < 1.29 is 9.53 Å². The fraction of sp³-hybridized carbons (Fsp3) is 0.464. The van der Waals surface area contributed by atoms with Crippen molar-refractivity contribution in [3.05, 3.63) is 70.4 Å². The molecular weight excluding hydrogens is 446 g/mol. The number of halogens is 1. The van der Waals surface area contributed by atoms with Gasteiger partial charge in [0.05, 0.1) is 11.1 Å². The quantitative estimate of drug-likeness (QED) is 0.526. The first kappa shape index (κ1) is 22.3. The number of hydrogen-bond acceptors (Lipinski definition) is 4. The molecule has 1 spiro atoms. The zero-order valence-corrected chi connectivity index (χ0v) is 20.5. The Morgan fingerprint density at radius 2 is 2.03 bits per heavy atom. The van der Waals surface area contributed by atoms with Crippen LogP contribution in [0.25, 0.3) is 10.9 Å². The first-order valence-corrected chi connectivity index (χ1v) is 12.9. The summed E-state index contributed by atoms with van der Waals surface area (Å²) in [5, 5.41) is 5.09. The van der Waals surface area contributed by atoms with E-state index in [9.17, 15) is 4.79 Å². The van der Waals surface area contributed by atoms with E-state index >= 15 is 0 Å². The van der Waals surface area contributed by atoms with Crippen LogP contribution in [0.4, 0.5) is 0 Å². The van der Waals surface area contributed by atoms with Crippen LogP contribution in [-0.4, -0.2) is 48.5 Å². The van der Waals surface area contributed by atoms with Crippen LogP contribution >= 0.6 is 11.6 Å². The van der Waals surface area contributed by atoms with Crippen molar-refractivity contribution in [2.75, 3.05) is 33.2 Å². The van der Waals surface area contributed by atoms with E-state index in [2.05, 4.69) is 46.2 Å². The lowest BCUT2D eigenvalue weighted by molar-refractivity contribution is -0.0805. The maximum absolute atomic E-state index is 14.1. The van der Waals surface area contributed by atoms with Crippen molar-refractivity contribution >= 4 is 28.3 Å². The number of carbonyl (C=O) groups is 1. The number of ketones is 1. The number of ether oxygens (including phenoxy) is 1. The van der Waals surface area contributed by atoms with Crippen molar-refractivity contribution in [2.24, 2.45) is 5.92 Å². The average Bonchev–Trinajstić information content (AvgIpc) is 3.35. The summed E-state index contributed by atoms with van der Waals surface area (Å²) in [5.74, 6) is 0.618. The van der Waals surface area contributed by atoms with E-state index in [1.807, 2.05) is 24.3 Å². The van der Waals surface area contributed by atoms with Gasteiger partial charge in [0.15, 0.2) is 5.78 Å². The Morgan fingerprint density at radius 3 is 2.85 bits per heavy atom. The number of likely N-dealkylation sites (tertiary alicyclic amines) is 1. The highest BCUT2D eigenvalue weighted by Crippen LogP contribution is 2.49. The van der Waals surface area contributed by atoms with Crippen LogP contribution in [0.1, 0.15) is 53.3 Å². The molecule has 6 rings (SSSR count). The van der Waals surface area contributed by atoms with Crippen LogP contribution < -0.4 is 5.32 Å². The molecule has 3 aromatic rings. The van der Waals surface area contributed by atoms with E-state index in [4.69, 9.17) is 16.3 Å². The van der Waals surface area contributed by atoms with Gasteiger partial charge in [-0.2, -0.15) is 0 Å². The zero-order valence-electron chi connectivity index (χ0n) is 19.7. The van der Waals surface area contributed by atoms with Crippen LogP contribution in [0.2, 0.25) is 5.02 Å². The smallest absolute Gasteiger partial charge is 0.198 e. The molecule has 2 fully saturated rings. The van der Waals surface area contributed by atoms with Crippen LogP contribution in [0, 0.1) is 5.92 Å². The number of nitrogens with zero attached hydrogens (tertiary/aromatic N) is 2. The van der Waals surface area contributed by atoms with Gasteiger partial charge in [0, 0.05) is 35.3 Å². The van der Waals surface area contributed by atoms with Crippen molar-refractivity contribution in [1.29, 1.82) is 0 Å². The largest absolute Gasteiger partial charge is 0.354 e. The molecule has 1 N–H and O–H groups in total. The fourth-order valence-corrected chi connectivity index (χ4v) is 6.53. The normalized spacial score (nSPS) is 24.5. The van der Waals surface area contributed by atoms with Crippen molar-refractivity contribution in [1.82, 2.24) is 14.8 Å². The number of benzene rings is 2. The summed E-state index contributed by atoms with van der Waals surface area (Å²) in [6, 6.07) is 14.2. The van der Waals surface area contributed by atoms with E-state index in [1.165, 1.54) is 18.4 Å². The highest BCUT2D eigenvalue weighted by atomic mass is 35.5. The average molecular weight is 478 g/mol. The number of fused-ring (bicyclic) bond motifs is 3. The lowest BCUT2D eigenvalue weighted by Crippen LogP contribution is -2.40. The van der Waals surface area contributed by atoms with Gasteiger partial charge in [0.1, 0.15) is 6.10 Å². The summed E-state index contributed by atoms with van der Waals surface area (Å²) >= 11 is 6.40. The molecule has 3 aliphatic rings. The molecule has 2 atom stereocenters. The van der Waals surface area contributed by atoms with Gasteiger partial charge in [-0.05, 0) is 81.5 Å². The molecule has 0 saturated carbocycles. The van der Waals surface area contributed by atoms with Crippen LogP contribution in [0.5, 0.6) is 0 Å². The van der Waals surface area contributed by atoms with Crippen LogP contribution in [0.3, 0.4) is 0 Å². The number of rotatable bonds is 4. The molecule has 2 saturated heterocycles. The topological polar surface area (TPSA) is 46.5 Å². The predicted molar refractivity (Wildman–Crippen MR) is 136 cm³/mol. The number of Topliss-reactive ketones (excluding diaryl/α,β-unsaturated/α-hetero) is 1. The second-order valence-corrected chi connectivity index (χ2v) is 10.8. The maximum Gasteiger partial charge on any atom is 0.198 e. The molecule has 34 heavy (non-hydrogen) atoms. The number of aromatic nitrogens is 1. The van der Waals surface area contributed by atoms with Crippen LogP contribution in [-0.2, 0) is 16.9 Å². The first-order chi connectivity index (χ1) is 16.5. The van der Waals surface area contributed by atoms with Crippen molar-refractivity contribution in [3.63, 3.8) is 0 Å². The van der Waals surface area contributed by atoms with E-state index in [0.29, 0.717) is 10.9 Å². The Morgan fingerprint density at radius 1 is 1.21 bits per heavy atom. The summed E-state index contributed by atoms with van der Waals surface area (Å²) in [7, 11) is 2.19. The molecule has 178 valence electrons. The predicted octanol–water partition coefficient (Wildman–Crippen LogP) is 5.17. The van der Waals surface area contributed by atoms with Crippen molar-refractivity contribution in [2.45, 2.75) is 43.9 Å². The summed E-state index contributed by atoms with van der Waals surface area (Å²) in [5.41, 5.74) is 3.62. The molecule has 4 heterocycles. The Hall–Kier alpha value is -2.18. The Kier molecular flexibility index (Phi) is 5.77. The van der Waals surface area contributed by atoms with Gasteiger partial charge in [-0.25, -0.2) is 0 Å². The Balaban J connectivity index is 1.38. The van der Waals surface area contributed by atoms with E-state index in [0.717, 1.165) is 67.6 Å². The summed E-state index contributed by atoms with van der Waals surface area (Å²) in [6.45, 7) is 4.95. The highest BCUT2D eigenvalue weighted by Gasteiger charge is 2.48. The highest BCUT2D eigenvalue weighted by molar-refractivity contribution is 6.31. The first-order valence-electron chi connectivity index (χ1n) is 12.5. The monoisotopic (exact) mass is 477 g/mol. The summed E-state index contributed by atoms with van der Waals surface area (Å²) in [6.07, 6.45) is 5.70. The van der Waals surface area contributed by atoms with Gasteiger partial charge in [-0.3, -0.25) is 4.79 Å². The van der Waals surface area contributed by atoms with Crippen LogP contribution in [0.15, 0.2) is 48.7 Å². The molecule has 5 nitrogen and oxygen atoms in total.